The predicted octanol–water partition coefficient (Wildman–Crippen LogP) is 4.72. The van der Waals surface area contributed by atoms with Gasteiger partial charge in [0.05, 0.1) is 11.9 Å². The van der Waals surface area contributed by atoms with Gasteiger partial charge in [0.2, 0.25) is 5.13 Å². The second-order valence-electron chi connectivity index (χ2n) is 4.48. The van der Waals surface area contributed by atoms with Crippen molar-refractivity contribution in [3.8, 4) is 17.0 Å². The standard InChI is InChI=1S/C16H12BrN3OS/c17-14-7-6-13(21)8-12(14)9-18-20-16-19-15(10-22-16)11-4-2-1-3-5-11/h1-10,21H,(H,19,20). The number of aromatic nitrogens is 1. The number of rotatable bonds is 4. The van der Waals surface area contributed by atoms with E-state index in [1.165, 1.54) is 11.3 Å². The summed E-state index contributed by atoms with van der Waals surface area (Å²) < 4.78 is 0.861. The quantitative estimate of drug-likeness (QED) is 0.513. The normalized spacial score (nSPS) is 11.0. The Hall–Kier alpha value is -2.18. The average Bonchev–Trinajstić information content (AvgIpc) is 3.00. The van der Waals surface area contributed by atoms with Gasteiger partial charge in [-0.3, -0.25) is 5.43 Å². The average molecular weight is 374 g/mol. The van der Waals surface area contributed by atoms with Crippen molar-refractivity contribution < 1.29 is 5.11 Å². The number of nitrogens with zero attached hydrogens (tertiary/aromatic N) is 2. The third-order valence-corrected chi connectivity index (χ3v) is 4.39. The minimum atomic E-state index is 0.199. The fourth-order valence-electron chi connectivity index (χ4n) is 1.85. The van der Waals surface area contributed by atoms with Gasteiger partial charge in [-0.05, 0) is 18.2 Å². The monoisotopic (exact) mass is 373 g/mol. The van der Waals surface area contributed by atoms with Crippen molar-refractivity contribution in [3.63, 3.8) is 0 Å². The number of halogens is 1. The highest BCUT2D eigenvalue weighted by Gasteiger charge is 2.03. The van der Waals surface area contributed by atoms with Gasteiger partial charge in [-0.1, -0.05) is 46.3 Å². The van der Waals surface area contributed by atoms with E-state index in [4.69, 9.17) is 0 Å². The summed E-state index contributed by atoms with van der Waals surface area (Å²) in [5.74, 6) is 0.199. The molecule has 0 saturated carbocycles. The Bertz CT molecular complexity index is 802. The Morgan fingerprint density at radius 1 is 1.18 bits per heavy atom. The van der Waals surface area contributed by atoms with Gasteiger partial charge in [0.15, 0.2) is 0 Å². The van der Waals surface area contributed by atoms with Crippen LogP contribution in [0.3, 0.4) is 0 Å². The molecule has 0 fully saturated rings. The molecule has 0 unspecified atom stereocenters. The first-order chi connectivity index (χ1) is 10.7. The lowest BCUT2D eigenvalue weighted by Gasteiger charge is -1.99. The Kier molecular flexibility index (Phi) is 4.50. The zero-order chi connectivity index (χ0) is 15.4. The van der Waals surface area contributed by atoms with Crippen LogP contribution in [0.2, 0.25) is 0 Å². The number of benzene rings is 2. The third-order valence-electron chi connectivity index (χ3n) is 2.92. The van der Waals surface area contributed by atoms with Crippen LogP contribution < -0.4 is 5.43 Å². The summed E-state index contributed by atoms with van der Waals surface area (Å²) in [6.45, 7) is 0. The highest BCUT2D eigenvalue weighted by atomic mass is 79.9. The van der Waals surface area contributed by atoms with E-state index >= 15 is 0 Å². The molecular formula is C16H12BrN3OS. The van der Waals surface area contributed by atoms with Crippen LogP contribution in [-0.2, 0) is 0 Å². The van der Waals surface area contributed by atoms with E-state index in [1.807, 2.05) is 35.7 Å². The Balaban J connectivity index is 1.71. The van der Waals surface area contributed by atoms with E-state index in [-0.39, 0.29) is 5.75 Å². The molecule has 1 heterocycles. The van der Waals surface area contributed by atoms with Crippen molar-refractivity contribution in [3.05, 3.63) is 63.9 Å². The van der Waals surface area contributed by atoms with Gasteiger partial charge < -0.3 is 5.11 Å². The number of phenolic OH excluding ortho intramolecular Hbond substituents is 1. The zero-order valence-electron chi connectivity index (χ0n) is 11.4. The van der Waals surface area contributed by atoms with Gasteiger partial charge in [0.1, 0.15) is 5.75 Å². The summed E-state index contributed by atoms with van der Waals surface area (Å²) in [4.78, 5) is 4.48. The molecule has 0 aliphatic heterocycles. The molecule has 110 valence electrons. The molecule has 2 aromatic carbocycles. The van der Waals surface area contributed by atoms with Gasteiger partial charge in [-0.25, -0.2) is 4.98 Å². The summed E-state index contributed by atoms with van der Waals surface area (Å²) in [6.07, 6.45) is 1.63. The van der Waals surface area contributed by atoms with Gasteiger partial charge >= 0.3 is 0 Å². The van der Waals surface area contributed by atoms with Crippen LogP contribution in [0.1, 0.15) is 5.56 Å². The van der Waals surface area contributed by atoms with Crippen molar-refractivity contribution in [1.82, 2.24) is 4.98 Å². The van der Waals surface area contributed by atoms with Crippen LogP contribution in [0.5, 0.6) is 5.75 Å². The lowest BCUT2D eigenvalue weighted by Crippen LogP contribution is -1.91. The fraction of sp³-hybridized carbons (Fsp3) is 0. The number of nitrogens with one attached hydrogen (secondary N) is 1. The van der Waals surface area contributed by atoms with Crippen molar-refractivity contribution in [1.29, 1.82) is 0 Å². The zero-order valence-corrected chi connectivity index (χ0v) is 13.8. The number of phenols is 1. The smallest absolute Gasteiger partial charge is 0.203 e. The van der Waals surface area contributed by atoms with E-state index in [9.17, 15) is 5.11 Å². The van der Waals surface area contributed by atoms with E-state index in [1.54, 1.807) is 24.4 Å². The van der Waals surface area contributed by atoms with Crippen LogP contribution in [0.4, 0.5) is 5.13 Å². The Morgan fingerprint density at radius 2 is 2.00 bits per heavy atom. The van der Waals surface area contributed by atoms with Gasteiger partial charge in [-0.2, -0.15) is 5.10 Å². The minimum Gasteiger partial charge on any atom is -0.508 e. The van der Waals surface area contributed by atoms with Crippen LogP contribution in [0, 0.1) is 0 Å². The molecule has 3 rings (SSSR count). The van der Waals surface area contributed by atoms with Crippen LogP contribution in [-0.4, -0.2) is 16.3 Å². The van der Waals surface area contributed by atoms with E-state index in [2.05, 4.69) is 31.4 Å². The lowest BCUT2D eigenvalue weighted by atomic mass is 10.2. The number of thiazole rings is 1. The van der Waals surface area contributed by atoms with Crippen molar-refractivity contribution in [2.75, 3.05) is 5.43 Å². The molecular weight excluding hydrogens is 362 g/mol. The van der Waals surface area contributed by atoms with Gasteiger partial charge in [0, 0.05) is 21.0 Å². The first kappa shape index (κ1) is 14.7. The predicted molar refractivity (Wildman–Crippen MR) is 94.6 cm³/mol. The molecule has 0 aliphatic carbocycles. The summed E-state index contributed by atoms with van der Waals surface area (Å²) in [6, 6.07) is 15.0. The molecule has 4 nitrogen and oxygen atoms in total. The lowest BCUT2D eigenvalue weighted by molar-refractivity contribution is 0.475. The molecule has 0 aliphatic rings. The summed E-state index contributed by atoms with van der Waals surface area (Å²) >= 11 is 4.90. The van der Waals surface area contributed by atoms with Crippen LogP contribution in [0.15, 0.2) is 63.5 Å². The second kappa shape index (κ2) is 6.72. The molecule has 0 spiro atoms. The SMILES string of the molecule is Oc1ccc(Br)c(C=NNc2nc(-c3ccccc3)cs2)c1. The van der Waals surface area contributed by atoms with Crippen molar-refractivity contribution in [2.24, 2.45) is 5.10 Å². The minimum absolute atomic E-state index is 0.199. The molecule has 0 radical (unpaired) electrons. The fourth-order valence-corrected chi connectivity index (χ4v) is 2.87. The molecule has 0 atom stereocenters. The van der Waals surface area contributed by atoms with Gasteiger partial charge in [-0.15, -0.1) is 11.3 Å². The highest BCUT2D eigenvalue weighted by Crippen LogP contribution is 2.24. The Labute approximate surface area is 140 Å². The topological polar surface area (TPSA) is 57.5 Å². The third kappa shape index (κ3) is 3.52. The van der Waals surface area contributed by atoms with Gasteiger partial charge in [0.25, 0.3) is 0 Å². The Morgan fingerprint density at radius 3 is 2.82 bits per heavy atom. The molecule has 3 aromatic rings. The maximum Gasteiger partial charge on any atom is 0.203 e. The van der Waals surface area contributed by atoms with Crippen LogP contribution >= 0.6 is 27.3 Å². The molecule has 0 saturated heterocycles. The number of aromatic hydroxyl groups is 1. The van der Waals surface area contributed by atoms with E-state index < -0.39 is 0 Å². The largest absolute Gasteiger partial charge is 0.508 e. The molecule has 0 bridgehead atoms. The molecule has 22 heavy (non-hydrogen) atoms. The maximum absolute atomic E-state index is 9.47. The highest BCUT2D eigenvalue weighted by molar-refractivity contribution is 9.10. The number of hydrogen-bond acceptors (Lipinski definition) is 5. The maximum atomic E-state index is 9.47. The van der Waals surface area contributed by atoms with Crippen molar-refractivity contribution in [2.45, 2.75) is 0 Å². The molecule has 2 N–H and O–H groups in total. The number of anilines is 1. The second-order valence-corrected chi connectivity index (χ2v) is 6.19. The van der Waals surface area contributed by atoms with Crippen molar-refractivity contribution >= 4 is 38.6 Å². The van der Waals surface area contributed by atoms with E-state index in [0.29, 0.717) is 5.13 Å². The van der Waals surface area contributed by atoms with E-state index in [0.717, 1.165) is 21.3 Å². The van der Waals surface area contributed by atoms with Crippen LogP contribution in [0.25, 0.3) is 11.3 Å². The molecule has 6 heteroatoms. The molecule has 1 aromatic heterocycles. The number of hydrazone groups is 1. The summed E-state index contributed by atoms with van der Waals surface area (Å²) in [5, 5.41) is 16.3. The number of hydrogen-bond donors (Lipinski definition) is 2. The first-order valence-corrected chi connectivity index (χ1v) is 8.18. The summed E-state index contributed by atoms with van der Waals surface area (Å²) in [5.41, 5.74) is 5.68. The summed E-state index contributed by atoms with van der Waals surface area (Å²) in [7, 11) is 0. The first-order valence-electron chi connectivity index (χ1n) is 6.51. The molecule has 0 amide bonds.